The van der Waals surface area contributed by atoms with Crippen molar-refractivity contribution in [1.82, 2.24) is 14.7 Å². The van der Waals surface area contributed by atoms with E-state index < -0.39 is 5.97 Å². The number of ether oxygens (including phenoxy) is 1. The summed E-state index contributed by atoms with van der Waals surface area (Å²) in [6.07, 6.45) is -0.277. The standard InChI is InChI=1S/C19H22FN3O4/c1-12-19(13(2)23(21-12)15-6-4-3-5-14(15)20)16-11-27-10-9-22(16)17(24)7-8-18(25)26/h3-6,16H,7-11H2,1-2H3,(H,25,26). The lowest BCUT2D eigenvalue weighted by Gasteiger charge is -2.36. The zero-order valence-electron chi connectivity index (χ0n) is 15.3. The Kier molecular flexibility index (Phi) is 5.55. The molecule has 1 fully saturated rings. The smallest absolute Gasteiger partial charge is 0.303 e. The molecule has 3 rings (SSSR count). The molecule has 0 spiro atoms. The van der Waals surface area contributed by atoms with Crippen LogP contribution < -0.4 is 0 Å². The van der Waals surface area contributed by atoms with Gasteiger partial charge in [0, 0.05) is 24.2 Å². The van der Waals surface area contributed by atoms with Crippen molar-refractivity contribution in [3.63, 3.8) is 0 Å². The van der Waals surface area contributed by atoms with E-state index in [0.717, 1.165) is 11.3 Å². The lowest BCUT2D eigenvalue weighted by atomic mass is 10.0. The van der Waals surface area contributed by atoms with Crippen molar-refractivity contribution in [3.05, 3.63) is 47.0 Å². The summed E-state index contributed by atoms with van der Waals surface area (Å²) in [4.78, 5) is 25.0. The van der Waals surface area contributed by atoms with E-state index in [1.165, 1.54) is 10.7 Å². The fourth-order valence-electron chi connectivity index (χ4n) is 3.49. The number of benzene rings is 1. The second-order valence-corrected chi connectivity index (χ2v) is 6.52. The fraction of sp³-hybridized carbons (Fsp3) is 0.421. The summed E-state index contributed by atoms with van der Waals surface area (Å²) in [7, 11) is 0. The number of morpholine rings is 1. The van der Waals surface area contributed by atoms with Crippen LogP contribution >= 0.6 is 0 Å². The summed E-state index contributed by atoms with van der Waals surface area (Å²) >= 11 is 0. The molecule has 1 aliphatic heterocycles. The average Bonchev–Trinajstić information content (AvgIpc) is 2.94. The van der Waals surface area contributed by atoms with E-state index in [-0.39, 0.29) is 30.6 Å². The molecule has 2 heterocycles. The predicted molar refractivity (Wildman–Crippen MR) is 95.1 cm³/mol. The van der Waals surface area contributed by atoms with E-state index in [0.29, 0.717) is 31.1 Å². The monoisotopic (exact) mass is 375 g/mol. The maximum atomic E-state index is 14.2. The molecule has 1 atom stereocenters. The second kappa shape index (κ2) is 7.87. The van der Waals surface area contributed by atoms with Crippen LogP contribution in [0.15, 0.2) is 24.3 Å². The van der Waals surface area contributed by atoms with Crippen LogP contribution in [0.4, 0.5) is 4.39 Å². The molecule has 1 unspecified atom stereocenters. The molecule has 1 aromatic heterocycles. The number of carboxylic acids is 1. The number of carbonyl (C=O) groups excluding carboxylic acids is 1. The molecule has 1 saturated heterocycles. The molecule has 0 bridgehead atoms. The molecule has 1 N–H and O–H groups in total. The Bertz CT molecular complexity index is 865. The number of aromatic nitrogens is 2. The second-order valence-electron chi connectivity index (χ2n) is 6.52. The number of halogens is 1. The molecular weight excluding hydrogens is 353 g/mol. The molecule has 1 aliphatic rings. The molecule has 0 saturated carbocycles. The lowest BCUT2D eigenvalue weighted by Crippen LogP contribution is -2.43. The van der Waals surface area contributed by atoms with Gasteiger partial charge in [0.2, 0.25) is 5.91 Å². The van der Waals surface area contributed by atoms with Crippen molar-refractivity contribution in [1.29, 1.82) is 0 Å². The van der Waals surface area contributed by atoms with Crippen LogP contribution in [0.5, 0.6) is 0 Å². The van der Waals surface area contributed by atoms with Gasteiger partial charge in [-0.25, -0.2) is 9.07 Å². The number of carboxylic acid groups (broad SMARTS) is 1. The number of aliphatic carboxylic acids is 1. The lowest BCUT2D eigenvalue weighted by molar-refractivity contribution is -0.145. The van der Waals surface area contributed by atoms with E-state index in [1.807, 2.05) is 13.8 Å². The zero-order chi connectivity index (χ0) is 19.6. The molecule has 7 nitrogen and oxygen atoms in total. The Morgan fingerprint density at radius 3 is 2.74 bits per heavy atom. The molecule has 0 radical (unpaired) electrons. The van der Waals surface area contributed by atoms with Crippen LogP contribution in [0.3, 0.4) is 0 Å². The SMILES string of the molecule is Cc1nn(-c2ccccc2F)c(C)c1C1COCCN1C(=O)CCC(=O)O. The van der Waals surface area contributed by atoms with Gasteiger partial charge in [0.05, 0.1) is 31.4 Å². The third-order valence-electron chi connectivity index (χ3n) is 4.76. The number of nitrogens with zero attached hydrogens (tertiary/aromatic N) is 3. The number of hydrogen-bond donors (Lipinski definition) is 1. The van der Waals surface area contributed by atoms with Crippen molar-refractivity contribution in [3.8, 4) is 5.69 Å². The van der Waals surface area contributed by atoms with Crippen LogP contribution in [-0.2, 0) is 14.3 Å². The first kappa shape index (κ1) is 19.0. The van der Waals surface area contributed by atoms with Gasteiger partial charge in [-0.05, 0) is 26.0 Å². The van der Waals surface area contributed by atoms with Crippen molar-refractivity contribution < 1.29 is 23.8 Å². The minimum absolute atomic E-state index is 0.0641. The van der Waals surface area contributed by atoms with Gasteiger partial charge in [-0.3, -0.25) is 9.59 Å². The Labute approximate surface area is 156 Å². The Hall–Kier alpha value is -2.74. The molecule has 0 aliphatic carbocycles. The van der Waals surface area contributed by atoms with Crippen LogP contribution in [0, 0.1) is 19.7 Å². The minimum Gasteiger partial charge on any atom is -0.481 e. The topological polar surface area (TPSA) is 84.7 Å². The average molecular weight is 375 g/mol. The van der Waals surface area contributed by atoms with Gasteiger partial charge in [0.15, 0.2) is 0 Å². The van der Waals surface area contributed by atoms with E-state index in [2.05, 4.69) is 5.10 Å². The van der Waals surface area contributed by atoms with E-state index in [4.69, 9.17) is 9.84 Å². The highest BCUT2D eigenvalue weighted by Gasteiger charge is 2.33. The maximum absolute atomic E-state index is 14.2. The Morgan fingerprint density at radius 2 is 2.04 bits per heavy atom. The van der Waals surface area contributed by atoms with Crippen LogP contribution in [0.1, 0.15) is 35.8 Å². The third-order valence-corrected chi connectivity index (χ3v) is 4.76. The Balaban J connectivity index is 1.95. The fourth-order valence-corrected chi connectivity index (χ4v) is 3.49. The summed E-state index contributed by atoms with van der Waals surface area (Å²) in [5, 5.41) is 13.3. The Morgan fingerprint density at radius 1 is 1.30 bits per heavy atom. The van der Waals surface area contributed by atoms with Crippen molar-refractivity contribution >= 4 is 11.9 Å². The van der Waals surface area contributed by atoms with E-state index in [9.17, 15) is 14.0 Å². The largest absolute Gasteiger partial charge is 0.481 e. The summed E-state index contributed by atoms with van der Waals surface area (Å²) in [6.45, 7) is 4.72. The molecule has 27 heavy (non-hydrogen) atoms. The minimum atomic E-state index is -1.01. The molecule has 1 aromatic carbocycles. The van der Waals surface area contributed by atoms with Crippen LogP contribution in [0.2, 0.25) is 0 Å². The van der Waals surface area contributed by atoms with Gasteiger partial charge in [0.1, 0.15) is 11.5 Å². The number of rotatable bonds is 5. The summed E-state index contributed by atoms with van der Waals surface area (Å²) in [6, 6.07) is 5.99. The normalized spacial score (nSPS) is 17.1. The van der Waals surface area contributed by atoms with Crippen LogP contribution in [0.25, 0.3) is 5.69 Å². The third kappa shape index (κ3) is 3.85. The van der Waals surface area contributed by atoms with Gasteiger partial charge < -0.3 is 14.7 Å². The summed E-state index contributed by atoms with van der Waals surface area (Å²) in [5.41, 5.74) is 2.55. The summed E-state index contributed by atoms with van der Waals surface area (Å²) in [5.74, 6) is -1.63. The number of aryl methyl sites for hydroxylation is 1. The number of para-hydroxylation sites is 1. The zero-order valence-corrected chi connectivity index (χ0v) is 15.3. The molecule has 8 heteroatoms. The van der Waals surface area contributed by atoms with Gasteiger partial charge in [0.25, 0.3) is 0 Å². The highest BCUT2D eigenvalue weighted by atomic mass is 19.1. The molecule has 1 amide bonds. The summed E-state index contributed by atoms with van der Waals surface area (Å²) < 4.78 is 21.3. The van der Waals surface area contributed by atoms with Crippen molar-refractivity contribution in [2.75, 3.05) is 19.8 Å². The first-order valence-corrected chi connectivity index (χ1v) is 8.80. The first-order valence-electron chi connectivity index (χ1n) is 8.80. The maximum Gasteiger partial charge on any atom is 0.303 e. The first-order chi connectivity index (χ1) is 12.9. The highest BCUT2D eigenvalue weighted by molar-refractivity contribution is 5.81. The van der Waals surface area contributed by atoms with Gasteiger partial charge >= 0.3 is 5.97 Å². The number of hydrogen-bond acceptors (Lipinski definition) is 4. The molecule has 2 aromatic rings. The quantitative estimate of drug-likeness (QED) is 0.867. The van der Waals surface area contributed by atoms with Gasteiger partial charge in [-0.2, -0.15) is 5.10 Å². The van der Waals surface area contributed by atoms with Crippen LogP contribution in [-0.4, -0.2) is 51.4 Å². The highest BCUT2D eigenvalue weighted by Crippen LogP contribution is 2.31. The van der Waals surface area contributed by atoms with E-state index in [1.54, 1.807) is 23.1 Å². The van der Waals surface area contributed by atoms with Crippen molar-refractivity contribution in [2.24, 2.45) is 0 Å². The predicted octanol–water partition coefficient (Wildman–Crippen LogP) is 2.39. The van der Waals surface area contributed by atoms with Crippen molar-refractivity contribution in [2.45, 2.75) is 32.7 Å². The van der Waals surface area contributed by atoms with Gasteiger partial charge in [-0.15, -0.1) is 0 Å². The molecular formula is C19H22FN3O4. The molecule has 144 valence electrons. The number of carbonyl (C=O) groups is 2. The van der Waals surface area contributed by atoms with Gasteiger partial charge in [-0.1, -0.05) is 12.1 Å². The van der Waals surface area contributed by atoms with E-state index >= 15 is 0 Å². The number of amides is 1.